The summed E-state index contributed by atoms with van der Waals surface area (Å²) < 4.78 is 16.2. The highest BCUT2D eigenvalue weighted by Gasteiger charge is 2.25. The molecule has 0 bridgehead atoms. The van der Waals surface area contributed by atoms with E-state index in [9.17, 15) is 19.7 Å². The van der Waals surface area contributed by atoms with Crippen LogP contribution in [-0.2, 0) is 4.79 Å². The Labute approximate surface area is 206 Å². The average molecular weight is 492 g/mol. The Morgan fingerprint density at radius 2 is 1.86 bits per heavy atom. The van der Waals surface area contributed by atoms with Gasteiger partial charge in [0.1, 0.15) is 17.6 Å². The Bertz CT molecular complexity index is 1350. The lowest BCUT2D eigenvalue weighted by molar-refractivity contribution is -0.385. The van der Waals surface area contributed by atoms with E-state index in [2.05, 4.69) is 15.8 Å². The Kier molecular flexibility index (Phi) is 7.00. The van der Waals surface area contributed by atoms with Crippen LogP contribution in [0.1, 0.15) is 35.5 Å². The van der Waals surface area contributed by atoms with Gasteiger partial charge in [0, 0.05) is 22.8 Å². The fourth-order valence-electron chi connectivity index (χ4n) is 3.56. The van der Waals surface area contributed by atoms with Crippen LogP contribution in [0.15, 0.2) is 58.0 Å². The number of furan rings is 1. The number of amides is 2. The Morgan fingerprint density at radius 1 is 1.08 bits per heavy atom. The van der Waals surface area contributed by atoms with Crippen molar-refractivity contribution in [1.29, 1.82) is 0 Å². The third-order valence-electron chi connectivity index (χ3n) is 5.55. The van der Waals surface area contributed by atoms with E-state index in [0.29, 0.717) is 39.7 Å². The van der Waals surface area contributed by atoms with Gasteiger partial charge in [0.05, 0.1) is 11.1 Å². The second kappa shape index (κ2) is 10.3. The first-order valence-corrected chi connectivity index (χ1v) is 11.1. The van der Waals surface area contributed by atoms with Gasteiger partial charge in [-0.25, -0.2) is 5.43 Å². The lowest BCUT2D eigenvalue weighted by Crippen LogP contribution is -2.48. The number of hydrogen-bond donors (Lipinski definition) is 2. The van der Waals surface area contributed by atoms with Crippen molar-refractivity contribution < 1.29 is 28.4 Å². The predicted molar refractivity (Wildman–Crippen MR) is 130 cm³/mol. The maximum Gasteiger partial charge on any atom is 0.273 e. The molecule has 186 valence electrons. The van der Waals surface area contributed by atoms with Crippen LogP contribution in [-0.4, -0.2) is 35.8 Å². The van der Waals surface area contributed by atoms with Crippen molar-refractivity contribution in [2.24, 2.45) is 11.0 Å². The van der Waals surface area contributed by atoms with Gasteiger partial charge in [-0.3, -0.25) is 19.7 Å². The van der Waals surface area contributed by atoms with Crippen LogP contribution in [0.5, 0.6) is 11.5 Å². The molecule has 11 heteroatoms. The van der Waals surface area contributed by atoms with E-state index in [1.165, 1.54) is 12.3 Å². The number of hydrogen-bond acceptors (Lipinski definition) is 8. The SMILES string of the molecule is Cc1ccc(-c2ccc(/C=N\NC(=O)C(NC(=O)c3ccc4c(c3)OCO4)C(C)C)o2)cc1[N+](=O)[O-]. The van der Waals surface area contributed by atoms with E-state index in [1.807, 2.05) is 0 Å². The van der Waals surface area contributed by atoms with E-state index in [1.54, 1.807) is 63.2 Å². The molecule has 2 N–H and O–H groups in total. The highest BCUT2D eigenvalue weighted by molar-refractivity contribution is 5.98. The summed E-state index contributed by atoms with van der Waals surface area (Å²) in [5, 5.41) is 17.8. The molecule has 0 spiro atoms. The largest absolute Gasteiger partial charge is 0.455 e. The Hall–Kier alpha value is -4.67. The zero-order valence-electron chi connectivity index (χ0n) is 19.8. The minimum atomic E-state index is -0.847. The summed E-state index contributed by atoms with van der Waals surface area (Å²) in [6, 6.07) is 12.0. The number of benzene rings is 2. The van der Waals surface area contributed by atoms with Gasteiger partial charge in [-0.1, -0.05) is 26.0 Å². The topological polar surface area (TPSA) is 145 Å². The van der Waals surface area contributed by atoms with Gasteiger partial charge in [-0.15, -0.1) is 0 Å². The number of nitro benzene ring substituents is 1. The number of carbonyl (C=O) groups excluding carboxylic acids is 2. The fourth-order valence-corrected chi connectivity index (χ4v) is 3.56. The van der Waals surface area contributed by atoms with Crippen molar-refractivity contribution in [2.45, 2.75) is 26.8 Å². The van der Waals surface area contributed by atoms with Crippen LogP contribution in [0.2, 0.25) is 0 Å². The quantitative estimate of drug-likeness (QED) is 0.276. The van der Waals surface area contributed by atoms with Gasteiger partial charge in [-0.05, 0) is 43.2 Å². The standard InChI is InChI=1S/C25H24N4O7/c1-14(2)23(27-24(30)17-6-8-21-22(11-17)35-13-34-21)25(31)28-26-12-18-7-9-20(36-18)16-5-4-15(3)19(10-16)29(32)33/h4-12,14,23H,13H2,1-3H3,(H,27,30)(H,28,31)/b26-12-. The predicted octanol–water partition coefficient (Wildman–Crippen LogP) is 3.80. The number of fused-ring (bicyclic) bond motifs is 1. The van der Waals surface area contributed by atoms with E-state index >= 15 is 0 Å². The summed E-state index contributed by atoms with van der Waals surface area (Å²) in [5.74, 6) is 0.619. The smallest absolute Gasteiger partial charge is 0.273 e. The van der Waals surface area contributed by atoms with Gasteiger partial charge >= 0.3 is 0 Å². The number of nitrogens with zero attached hydrogens (tertiary/aromatic N) is 2. The Balaban J connectivity index is 1.39. The van der Waals surface area contributed by atoms with Gasteiger partial charge in [-0.2, -0.15) is 5.10 Å². The highest BCUT2D eigenvalue weighted by atomic mass is 16.7. The lowest BCUT2D eigenvalue weighted by Gasteiger charge is -2.20. The molecule has 1 aliphatic heterocycles. The van der Waals surface area contributed by atoms with Gasteiger partial charge < -0.3 is 19.2 Å². The molecule has 36 heavy (non-hydrogen) atoms. The minimum absolute atomic E-state index is 0.00565. The molecule has 3 aromatic rings. The van der Waals surface area contributed by atoms with Crippen molar-refractivity contribution in [3.8, 4) is 22.8 Å². The van der Waals surface area contributed by atoms with Crippen molar-refractivity contribution in [1.82, 2.24) is 10.7 Å². The molecule has 0 aliphatic carbocycles. The van der Waals surface area contributed by atoms with Crippen LogP contribution in [0.3, 0.4) is 0 Å². The number of nitrogens with one attached hydrogen (secondary N) is 2. The summed E-state index contributed by atoms with van der Waals surface area (Å²) in [5.41, 5.74) is 3.83. The zero-order chi connectivity index (χ0) is 25.8. The number of aryl methyl sites for hydroxylation is 1. The first kappa shape index (κ1) is 24.5. The van der Waals surface area contributed by atoms with Crippen molar-refractivity contribution in [2.75, 3.05) is 6.79 Å². The molecule has 1 atom stereocenters. The molecule has 2 heterocycles. The molecule has 0 fully saturated rings. The molecular weight excluding hydrogens is 468 g/mol. The number of nitro groups is 1. The first-order valence-electron chi connectivity index (χ1n) is 11.1. The molecule has 0 radical (unpaired) electrons. The van der Waals surface area contributed by atoms with Gasteiger partial charge in [0.15, 0.2) is 11.5 Å². The van der Waals surface area contributed by atoms with Crippen molar-refractivity contribution >= 4 is 23.7 Å². The molecule has 11 nitrogen and oxygen atoms in total. The summed E-state index contributed by atoms with van der Waals surface area (Å²) in [6.45, 7) is 5.35. The fraction of sp³-hybridized carbons (Fsp3) is 0.240. The second-order valence-corrected chi connectivity index (χ2v) is 8.46. The van der Waals surface area contributed by atoms with Gasteiger partial charge in [0.2, 0.25) is 6.79 Å². The number of rotatable bonds is 8. The molecule has 1 aromatic heterocycles. The molecule has 0 saturated heterocycles. The zero-order valence-corrected chi connectivity index (χ0v) is 19.8. The lowest BCUT2D eigenvalue weighted by atomic mass is 10.0. The number of carbonyl (C=O) groups is 2. The van der Waals surface area contributed by atoms with Gasteiger partial charge in [0.25, 0.3) is 17.5 Å². The summed E-state index contributed by atoms with van der Waals surface area (Å²) in [4.78, 5) is 36.1. The maximum atomic E-state index is 12.7. The van der Waals surface area contributed by atoms with Crippen LogP contribution in [0, 0.1) is 23.0 Å². The molecule has 1 aliphatic rings. The third kappa shape index (κ3) is 5.35. The van der Waals surface area contributed by atoms with Crippen LogP contribution in [0.4, 0.5) is 5.69 Å². The highest BCUT2D eigenvalue weighted by Crippen LogP contribution is 2.32. The average Bonchev–Trinajstić information content (AvgIpc) is 3.51. The van der Waals surface area contributed by atoms with E-state index in [4.69, 9.17) is 13.9 Å². The number of ether oxygens (including phenoxy) is 2. The molecular formula is C25H24N4O7. The van der Waals surface area contributed by atoms with E-state index in [0.717, 1.165) is 0 Å². The van der Waals surface area contributed by atoms with Crippen molar-refractivity contribution in [3.63, 3.8) is 0 Å². The molecule has 1 unspecified atom stereocenters. The second-order valence-electron chi connectivity index (χ2n) is 8.46. The Morgan fingerprint density at radius 3 is 2.61 bits per heavy atom. The third-order valence-corrected chi connectivity index (χ3v) is 5.55. The maximum absolute atomic E-state index is 12.7. The van der Waals surface area contributed by atoms with E-state index < -0.39 is 22.8 Å². The normalized spacial score (nSPS) is 13.1. The van der Waals surface area contributed by atoms with Crippen LogP contribution >= 0.6 is 0 Å². The molecule has 0 saturated carbocycles. The molecule has 2 amide bonds. The summed E-state index contributed by atoms with van der Waals surface area (Å²) in [6.07, 6.45) is 1.31. The molecule has 4 rings (SSSR count). The first-order chi connectivity index (χ1) is 17.2. The summed E-state index contributed by atoms with van der Waals surface area (Å²) in [7, 11) is 0. The van der Waals surface area contributed by atoms with E-state index in [-0.39, 0.29) is 18.4 Å². The van der Waals surface area contributed by atoms with Crippen molar-refractivity contribution in [3.05, 3.63) is 75.5 Å². The summed E-state index contributed by atoms with van der Waals surface area (Å²) >= 11 is 0. The van der Waals surface area contributed by atoms with Crippen LogP contribution in [0.25, 0.3) is 11.3 Å². The molecule has 2 aromatic carbocycles. The van der Waals surface area contributed by atoms with Crippen LogP contribution < -0.4 is 20.2 Å². The minimum Gasteiger partial charge on any atom is -0.455 e. The number of hydrazone groups is 1. The monoisotopic (exact) mass is 492 g/mol.